The van der Waals surface area contributed by atoms with Crippen molar-refractivity contribution in [3.8, 4) is 6.07 Å². The molecule has 1 heterocycles. The Morgan fingerprint density at radius 1 is 1.17 bits per heavy atom. The quantitative estimate of drug-likeness (QED) is 0.925. The third-order valence-electron chi connectivity index (χ3n) is 3.92. The molecule has 1 saturated heterocycles. The molecule has 23 heavy (non-hydrogen) atoms. The van der Waals surface area contributed by atoms with E-state index in [1.165, 1.54) is 12.8 Å². The number of nitrogens with one attached hydrogen (secondary N) is 1. The average molecular weight is 326 g/mol. The SMILES string of the molecule is N#Cc1cccc(C(=O)Nc2cc(N3CCCC3)ccc2Cl)c1. The molecule has 0 aliphatic carbocycles. The Hall–Kier alpha value is -2.51. The van der Waals surface area contributed by atoms with Crippen molar-refractivity contribution in [2.75, 3.05) is 23.3 Å². The fourth-order valence-electron chi connectivity index (χ4n) is 2.71. The normalized spacial score (nSPS) is 13.7. The van der Waals surface area contributed by atoms with Gasteiger partial charge in [-0.3, -0.25) is 4.79 Å². The van der Waals surface area contributed by atoms with Crippen molar-refractivity contribution in [1.29, 1.82) is 5.26 Å². The first-order valence-electron chi connectivity index (χ1n) is 7.53. The predicted octanol–water partition coefficient (Wildman–Crippen LogP) is 4.06. The first kappa shape index (κ1) is 15.4. The Labute approximate surface area is 140 Å². The summed E-state index contributed by atoms with van der Waals surface area (Å²) < 4.78 is 0. The Morgan fingerprint density at radius 3 is 2.70 bits per heavy atom. The van der Waals surface area contributed by atoms with Gasteiger partial charge in [0, 0.05) is 24.3 Å². The molecule has 5 heteroatoms. The molecular formula is C18H16ClN3O. The van der Waals surface area contributed by atoms with Crippen LogP contribution in [0.4, 0.5) is 11.4 Å². The summed E-state index contributed by atoms with van der Waals surface area (Å²) in [7, 11) is 0. The molecule has 116 valence electrons. The predicted molar refractivity (Wildman–Crippen MR) is 92.0 cm³/mol. The first-order chi connectivity index (χ1) is 11.2. The van der Waals surface area contributed by atoms with E-state index in [4.69, 9.17) is 16.9 Å². The van der Waals surface area contributed by atoms with Gasteiger partial charge in [0.1, 0.15) is 0 Å². The largest absolute Gasteiger partial charge is 0.371 e. The van der Waals surface area contributed by atoms with Crippen LogP contribution in [0.25, 0.3) is 0 Å². The van der Waals surface area contributed by atoms with Crippen molar-refractivity contribution in [2.45, 2.75) is 12.8 Å². The minimum absolute atomic E-state index is 0.275. The molecule has 4 nitrogen and oxygen atoms in total. The van der Waals surface area contributed by atoms with Crippen molar-refractivity contribution in [3.63, 3.8) is 0 Å². The summed E-state index contributed by atoms with van der Waals surface area (Å²) in [5.41, 5.74) is 2.54. The highest BCUT2D eigenvalue weighted by atomic mass is 35.5. The molecule has 1 amide bonds. The van der Waals surface area contributed by atoms with E-state index in [2.05, 4.69) is 10.2 Å². The second-order valence-corrected chi connectivity index (χ2v) is 5.91. The molecule has 2 aromatic rings. The van der Waals surface area contributed by atoms with Gasteiger partial charge in [0.2, 0.25) is 0 Å². The van der Waals surface area contributed by atoms with Gasteiger partial charge in [-0.15, -0.1) is 0 Å². The van der Waals surface area contributed by atoms with Crippen LogP contribution in [0.15, 0.2) is 42.5 Å². The lowest BCUT2D eigenvalue weighted by molar-refractivity contribution is 0.102. The number of benzene rings is 2. The van der Waals surface area contributed by atoms with E-state index in [1.54, 1.807) is 30.3 Å². The molecule has 1 fully saturated rings. The Morgan fingerprint density at radius 2 is 1.96 bits per heavy atom. The molecule has 1 aliphatic rings. The van der Waals surface area contributed by atoms with Crippen molar-refractivity contribution in [1.82, 2.24) is 0 Å². The summed E-state index contributed by atoms with van der Waals surface area (Å²) in [6.45, 7) is 2.05. The van der Waals surface area contributed by atoms with Gasteiger partial charge in [-0.2, -0.15) is 5.26 Å². The Balaban J connectivity index is 1.82. The summed E-state index contributed by atoms with van der Waals surface area (Å²) in [5, 5.41) is 12.3. The summed E-state index contributed by atoms with van der Waals surface area (Å²) >= 11 is 6.21. The van der Waals surface area contributed by atoms with Crippen LogP contribution in [0.5, 0.6) is 0 Å². The monoisotopic (exact) mass is 325 g/mol. The van der Waals surface area contributed by atoms with Crippen LogP contribution >= 0.6 is 11.6 Å². The number of nitriles is 1. The number of halogens is 1. The smallest absolute Gasteiger partial charge is 0.255 e. The zero-order valence-corrected chi connectivity index (χ0v) is 13.3. The Kier molecular flexibility index (Phi) is 4.50. The highest BCUT2D eigenvalue weighted by Gasteiger charge is 2.15. The van der Waals surface area contributed by atoms with Gasteiger partial charge in [-0.05, 0) is 49.2 Å². The lowest BCUT2D eigenvalue weighted by atomic mass is 10.1. The van der Waals surface area contributed by atoms with Crippen molar-refractivity contribution >= 4 is 28.9 Å². The lowest BCUT2D eigenvalue weighted by Crippen LogP contribution is -2.18. The minimum Gasteiger partial charge on any atom is -0.371 e. The summed E-state index contributed by atoms with van der Waals surface area (Å²) in [4.78, 5) is 14.7. The van der Waals surface area contributed by atoms with E-state index in [0.29, 0.717) is 21.8 Å². The van der Waals surface area contributed by atoms with E-state index >= 15 is 0 Å². The number of hydrogen-bond donors (Lipinski definition) is 1. The van der Waals surface area contributed by atoms with Crippen molar-refractivity contribution in [3.05, 3.63) is 58.6 Å². The molecule has 3 rings (SSSR count). The van der Waals surface area contributed by atoms with E-state index in [1.807, 2.05) is 18.2 Å². The molecule has 0 spiro atoms. The molecule has 0 saturated carbocycles. The van der Waals surface area contributed by atoms with Gasteiger partial charge in [0.05, 0.1) is 22.3 Å². The number of carbonyl (C=O) groups excluding carboxylic acids is 1. The molecule has 1 N–H and O–H groups in total. The molecule has 2 aromatic carbocycles. The van der Waals surface area contributed by atoms with Gasteiger partial charge < -0.3 is 10.2 Å². The zero-order chi connectivity index (χ0) is 16.2. The summed E-state index contributed by atoms with van der Waals surface area (Å²) in [6.07, 6.45) is 2.37. The number of amides is 1. The van der Waals surface area contributed by atoms with E-state index in [0.717, 1.165) is 18.8 Å². The molecule has 0 atom stereocenters. The van der Waals surface area contributed by atoms with Crippen molar-refractivity contribution in [2.24, 2.45) is 0 Å². The van der Waals surface area contributed by atoms with Crippen LogP contribution in [0, 0.1) is 11.3 Å². The number of hydrogen-bond acceptors (Lipinski definition) is 3. The van der Waals surface area contributed by atoms with Crippen molar-refractivity contribution < 1.29 is 4.79 Å². The van der Waals surface area contributed by atoms with Gasteiger partial charge in [0.15, 0.2) is 0 Å². The van der Waals surface area contributed by atoms with E-state index in [-0.39, 0.29) is 5.91 Å². The Bertz CT molecular complexity index is 776. The number of carbonyl (C=O) groups is 1. The first-order valence-corrected chi connectivity index (χ1v) is 7.91. The van der Waals surface area contributed by atoms with Gasteiger partial charge in [-0.25, -0.2) is 0 Å². The number of anilines is 2. The van der Waals surface area contributed by atoms with Crippen LogP contribution in [0.3, 0.4) is 0 Å². The second-order valence-electron chi connectivity index (χ2n) is 5.51. The maximum Gasteiger partial charge on any atom is 0.255 e. The average Bonchev–Trinajstić information content (AvgIpc) is 3.11. The standard InChI is InChI=1S/C18H16ClN3O/c19-16-7-6-15(22-8-1-2-9-22)11-17(16)21-18(23)14-5-3-4-13(10-14)12-20/h3-7,10-11H,1-2,8-9H2,(H,21,23). The van der Waals surface area contributed by atoms with E-state index in [9.17, 15) is 4.79 Å². The molecule has 0 unspecified atom stereocenters. The molecule has 1 aliphatic heterocycles. The second kappa shape index (κ2) is 6.72. The summed E-state index contributed by atoms with van der Waals surface area (Å²) in [6, 6.07) is 14.3. The maximum absolute atomic E-state index is 12.4. The third kappa shape index (κ3) is 3.46. The molecular weight excluding hydrogens is 310 g/mol. The molecule has 0 aromatic heterocycles. The van der Waals surface area contributed by atoms with Crippen LogP contribution in [-0.4, -0.2) is 19.0 Å². The highest BCUT2D eigenvalue weighted by molar-refractivity contribution is 6.34. The van der Waals surface area contributed by atoms with Gasteiger partial charge in [0.25, 0.3) is 5.91 Å². The highest BCUT2D eigenvalue weighted by Crippen LogP contribution is 2.29. The molecule has 0 bridgehead atoms. The maximum atomic E-state index is 12.4. The molecule has 0 radical (unpaired) electrons. The number of rotatable bonds is 3. The van der Waals surface area contributed by atoms with Gasteiger partial charge in [-0.1, -0.05) is 17.7 Å². The minimum atomic E-state index is -0.275. The fraction of sp³-hybridized carbons (Fsp3) is 0.222. The van der Waals surface area contributed by atoms with E-state index < -0.39 is 0 Å². The van der Waals surface area contributed by atoms with Gasteiger partial charge >= 0.3 is 0 Å². The van der Waals surface area contributed by atoms with Crippen LogP contribution in [0.1, 0.15) is 28.8 Å². The number of nitrogens with zero attached hydrogens (tertiary/aromatic N) is 2. The summed E-state index contributed by atoms with van der Waals surface area (Å²) in [5.74, 6) is -0.275. The third-order valence-corrected chi connectivity index (χ3v) is 4.25. The fourth-order valence-corrected chi connectivity index (χ4v) is 2.87. The lowest BCUT2D eigenvalue weighted by Gasteiger charge is -2.19. The zero-order valence-electron chi connectivity index (χ0n) is 12.6. The van der Waals surface area contributed by atoms with Crippen LogP contribution in [0.2, 0.25) is 5.02 Å². The van der Waals surface area contributed by atoms with Crippen LogP contribution < -0.4 is 10.2 Å². The van der Waals surface area contributed by atoms with Crippen LogP contribution in [-0.2, 0) is 0 Å². The topological polar surface area (TPSA) is 56.1 Å².